The first-order valence-electron chi connectivity index (χ1n) is 8.79. The lowest BCUT2D eigenvalue weighted by molar-refractivity contribution is 0.0224. The van der Waals surface area contributed by atoms with Crippen LogP contribution < -0.4 is 5.73 Å². The Balaban J connectivity index is 1.77. The molecule has 0 bridgehead atoms. The van der Waals surface area contributed by atoms with Crippen LogP contribution in [0, 0.1) is 0 Å². The van der Waals surface area contributed by atoms with Crippen molar-refractivity contribution in [3.05, 3.63) is 54.1 Å². The highest BCUT2D eigenvalue weighted by molar-refractivity contribution is 5.70. The van der Waals surface area contributed by atoms with E-state index in [1.54, 1.807) is 0 Å². The SMILES string of the molecule is CC(C)(C)OC(=O)N1CCCC1c1ccc(-c2ccc(N)cc2)cc1. The highest BCUT2D eigenvalue weighted by atomic mass is 16.6. The molecule has 1 atom stereocenters. The fraction of sp³-hybridized carbons (Fsp3) is 0.381. The van der Waals surface area contributed by atoms with Gasteiger partial charge in [-0.1, -0.05) is 36.4 Å². The summed E-state index contributed by atoms with van der Waals surface area (Å²) in [5, 5.41) is 0. The van der Waals surface area contributed by atoms with Crippen molar-refractivity contribution in [1.82, 2.24) is 4.90 Å². The highest BCUT2D eigenvalue weighted by Gasteiger charge is 2.33. The Hall–Kier alpha value is -2.49. The molecule has 1 aliphatic rings. The molecule has 1 saturated heterocycles. The van der Waals surface area contributed by atoms with Crippen LogP contribution in [0.3, 0.4) is 0 Å². The summed E-state index contributed by atoms with van der Waals surface area (Å²) < 4.78 is 5.55. The van der Waals surface area contributed by atoms with E-state index in [2.05, 4.69) is 24.3 Å². The molecule has 25 heavy (non-hydrogen) atoms. The molecule has 1 unspecified atom stereocenters. The maximum atomic E-state index is 12.5. The Kier molecular flexibility index (Phi) is 4.71. The standard InChI is InChI=1S/C21H26N2O2/c1-21(2,3)25-20(24)23-14-4-5-19(23)17-8-6-15(7-9-17)16-10-12-18(22)13-11-16/h6-13,19H,4-5,14,22H2,1-3H3. The molecule has 0 aliphatic carbocycles. The number of rotatable bonds is 2. The molecule has 2 aromatic rings. The number of benzene rings is 2. The van der Waals surface area contributed by atoms with E-state index in [1.807, 2.05) is 49.9 Å². The lowest BCUT2D eigenvalue weighted by Gasteiger charge is -2.29. The van der Waals surface area contributed by atoms with Gasteiger partial charge < -0.3 is 15.4 Å². The van der Waals surface area contributed by atoms with E-state index in [0.717, 1.165) is 41.8 Å². The van der Waals surface area contributed by atoms with Crippen LogP contribution in [0.2, 0.25) is 0 Å². The molecule has 0 spiro atoms. The molecule has 1 fully saturated rings. The minimum absolute atomic E-state index is 0.0929. The van der Waals surface area contributed by atoms with E-state index in [4.69, 9.17) is 10.5 Å². The summed E-state index contributed by atoms with van der Waals surface area (Å²) in [5.41, 5.74) is 9.48. The number of nitrogens with zero attached hydrogens (tertiary/aromatic N) is 1. The predicted molar refractivity (Wildman–Crippen MR) is 101 cm³/mol. The number of nitrogen functional groups attached to an aromatic ring is 1. The molecular weight excluding hydrogens is 312 g/mol. The largest absolute Gasteiger partial charge is 0.444 e. The average molecular weight is 338 g/mol. The fourth-order valence-corrected chi connectivity index (χ4v) is 3.23. The number of carbonyl (C=O) groups excluding carboxylic acids is 1. The molecule has 2 aromatic carbocycles. The highest BCUT2D eigenvalue weighted by Crippen LogP contribution is 2.34. The van der Waals surface area contributed by atoms with Crippen LogP contribution in [-0.4, -0.2) is 23.1 Å². The molecule has 3 rings (SSSR count). The zero-order valence-electron chi connectivity index (χ0n) is 15.2. The molecular formula is C21H26N2O2. The van der Waals surface area contributed by atoms with Crippen molar-refractivity contribution in [2.24, 2.45) is 0 Å². The first-order chi connectivity index (χ1) is 11.8. The van der Waals surface area contributed by atoms with Crippen LogP contribution in [0.5, 0.6) is 0 Å². The number of carbonyl (C=O) groups is 1. The van der Waals surface area contributed by atoms with Gasteiger partial charge in [0, 0.05) is 12.2 Å². The van der Waals surface area contributed by atoms with Gasteiger partial charge >= 0.3 is 6.09 Å². The van der Waals surface area contributed by atoms with Crippen molar-refractivity contribution in [2.75, 3.05) is 12.3 Å². The molecule has 2 N–H and O–H groups in total. The summed E-state index contributed by atoms with van der Waals surface area (Å²) in [5.74, 6) is 0. The van der Waals surface area contributed by atoms with Crippen molar-refractivity contribution in [1.29, 1.82) is 0 Å². The molecule has 0 radical (unpaired) electrons. The quantitative estimate of drug-likeness (QED) is 0.783. The fourth-order valence-electron chi connectivity index (χ4n) is 3.23. The van der Waals surface area contributed by atoms with E-state index in [-0.39, 0.29) is 12.1 Å². The van der Waals surface area contributed by atoms with Crippen molar-refractivity contribution in [3.8, 4) is 11.1 Å². The van der Waals surface area contributed by atoms with Crippen LogP contribution in [-0.2, 0) is 4.74 Å². The molecule has 0 saturated carbocycles. The van der Waals surface area contributed by atoms with Crippen LogP contribution in [0.25, 0.3) is 11.1 Å². The second-order valence-corrected chi connectivity index (χ2v) is 7.58. The average Bonchev–Trinajstić information content (AvgIpc) is 3.04. The van der Waals surface area contributed by atoms with Gasteiger partial charge in [-0.15, -0.1) is 0 Å². The molecule has 1 aliphatic heterocycles. The number of ether oxygens (including phenoxy) is 1. The summed E-state index contributed by atoms with van der Waals surface area (Å²) in [6.07, 6.45) is 1.75. The third-order valence-electron chi connectivity index (χ3n) is 4.42. The Morgan fingerprint density at radius 2 is 1.60 bits per heavy atom. The van der Waals surface area contributed by atoms with Gasteiger partial charge in [0.2, 0.25) is 0 Å². The number of anilines is 1. The Morgan fingerprint density at radius 3 is 2.16 bits per heavy atom. The summed E-state index contributed by atoms with van der Waals surface area (Å²) in [6, 6.07) is 16.4. The first-order valence-corrected chi connectivity index (χ1v) is 8.79. The third-order valence-corrected chi connectivity index (χ3v) is 4.42. The number of hydrogen-bond acceptors (Lipinski definition) is 3. The van der Waals surface area contributed by atoms with Gasteiger partial charge in [0.25, 0.3) is 0 Å². The predicted octanol–water partition coefficient (Wildman–Crippen LogP) is 5.01. The monoisotopic (exact) mass is 338 g/mol. The smallest absolute Gasteiger partial charge is 0.410 e. The molecule has 4 nitrogen and oxygen atoms in total. The van der Waals surface area contributed by atoms with E-state index < -0.39 is 5.60 Å². The number of amides is 1. The van der Waals surface area contributed by atoms with Gasteiger partial charge in [0.1, 0.15) is 5.60 Å². The van der Waals surface area contributed by atoms with Crippen molar-refractivity contribution in [3.63, 3.8) is 0 Å². The van der Waals surface area contributed by atoms with Crippen molar-refractivity contribution >= 4 is 11.8 Å². The summed E-state index contributed by atoms with van der Waals surface area (Å²) >= 11 is 0. The van der Waals surface area contributed by atoms with Gasteiger partial charge in [0.15, 0.2) is 0 Å². The second-order valence-electron chi connectivity index (χ2n) is 7.58. The lowest BCUT2D eigenvalue weighted by Crippen LogP contribution is -2.36. The minimum atomic E-state index is -0.469. The van der Waals surface area contributed by atoms with Crippen LogP contribution in [0.1, 0.15) is 45.2 Å². The molecule has 1 amide bonds. The number of likely N-dealkylation sites (tertiary alicyclic amines) is 1. The first kappa shape index (κ1) is 17.3. The topological polar surface area (TPSA) is 55.6 Å². The Bertz CT molecular complexity index is 730. The zero-order chi connectivity index (χ0) is 18.0. The summed E-state index contributed by atoms with van der Waals surface area (Å²) in [4.78, 5) is 14.3. The molecule has 4 heteroatoms. The maximum Gasteiger partial charge on any atom is 0.410 e. The number of hydrogen-bond donors (Lipinski definition) is 1. The molecule has 1 heterocycles. The minimum Gasteiger partial charge on any atom is -0.444 e. The normalized spacial score (nSPS) is 17.6. The van der Waals surface area contributed by atoms with Crippen molar-refractivity contribution < 1.29 is 9.53 Å². The van der Waals surface area contributed by atoms with Gasteiger partial charge in [-0.25, -0.2) is 4.79 Å². The maximum absolute atomic E-state index is 12.5. The van der Waals surface area contributed by atoms with Gasteiger partial charge in [-0.05, 0) is 62.4 Å². The van der Waals surface area contributed by atoms with Crippen LogP contribution >= 0.6 is 0 Å². The lowest BCUT2D eigenvalue weighted by atomic mass is 9.99. The van der Waals surface area contributed by atoms with Gasteiger partial charge in [0.05, 0.1) is 6.04 Å². The second kappa shape index (κ2) is 6.79. The summed E-state index contributed by atoms with van der Waals surface area (Å²) in [7, 11) is 0. The van der Waals surface area contributed by atoms with E-state index in [1.165, 1.54) is 0 Å². The Morgan fingerprint density at radius 1 is 1.04 bits per heavy atom. The van der Waals surface area contributed by atoms with E-state index in [9.17, 15) is 4.79 Å². The van der Waals surface area contributed by atoms with Gasteiger partial charge in [-0.3, -0.25) is 0 Å². The number of nitrogens with two attached hydrogens (primary N) is 1. The van der Waals surface area contributed by atoms with E-state index in [0.29, 0.717) is 0 Å². The third kappa shape index (κ3) is 4.13. The molecule has 0 aromatic heterocycles. The summed E-state index contributed by atoms with van der Waals surface area (Å²) in [6.45, 7) is 6.45. The van der Waals surface area contributed by atoms with Crippen LogP contribution in [0.15, 0.2) is 48.5 Å². The molecule has 132 valence electrons. The van der Waals surface area contributed by atoms with Gasteiger partial charge in [-0.2, -0.15) is 0 Å². The van der Waals surface area contributed by atoms with Crippen molar-refractivity contribution in [2.45, 2.75) is 45.3 Å². The zero-order valence-corrected chi connectivity index (χ0v) is 15.2. The Labute approximate surface area is 149 Å². The van der Waals surface area contributed by atoms with E-state index >= 15 is 0 Å². The van der Waals surface area contributed by atoms with Crippen LogP contribution in [0.4, 0.5) is 10.5 Å².